The summed E-state index contributed by atoms with van der Waals surface area (Å²) in [7, 11) is 0. The molecular formula is C11H13Cl2N3O2. The molecule has 3 N–H and O–H groups in total. The number of hydrogen-bond acceptors (Lipinski definition) is 4. The van der Waals surface area contributed by atoms with Gasteiger partial charge < -0.3 is 15.7 Å². The van der Waals surface area contributed by atoms with E-state index in [1.54, 1.807) is 13.0 Å². The van der Waals surface area contributed by atoms with E-state index in [-0.39, 0.29) is 16.2 Å². The number of nitrogens with one attached hydrogen (secondary N) is 2. The van der Waals surface area contributed by atoms with Gasteiger partial charge in [0.1, 0.15) is 5.15 Å². The van der Waals surface area contributed by atoms with Gasteiger partial charge in [-0.1, -0.05) is 23.2 Å². The van der Waals surface area contributed by atoms with Gasteiger partial charge in [0.25, 0.3) is 0 Å². The summed E-state index contributed by atoms with van der Waals surface area (Å²) in [6.07, 6.45) is -0.0931. The molecule has 98 valence electrons. The van der Waals surface area contributed by atoms with Crippen molar-refractivity contribution in [3.63, 3.8) is 0 Å². The minimum atomic E-state index is -0.485. The lowest BCUT2D eigenvalue weighted by Crippen LogP contribution is -2.35. The first kappa shape index (κ1) is 13.5. The van der Waals surface area contributed by atoms with Crippen LogP contribution in [0.5, 0.6) is 0 Å². The van der Waals surface area contributed by atoms with E-state index in [0.717, 1.165) is 5.56 Å². The number of aliphatic hydroxyl groups is 1. The van der Waals surface area contributed by atoms with Gasteiger partial charge in [0.2, 0.25) is 5.91 Å². The normalized spacial score (nSPS) is 23.1. The molecule has 2 unspecified atom stereocenters. The summed E-state index contributed by atoms with van der Waals surface area (Å²) in [6, 6.07) is 1.21. The van der Waals surface area contributed by atoms with Crippen molar-refractivity contribution in [1.29, 1.82) is 0 Å². The van der Waals surface area contributed by atoms with Crippen LogP contribution in [0.15, 0.2) is 6.07 Å². The molecule has 1 aromatic heterocycles. The number of carbonyl (C=O) groups is 1. The Bertz CT molecular complexity index is 458. The van der Waals surface area contributed by atoms with Crippen molar-refractivity contribution in [3.05, 3.63) is 21.9 Å². The second-order valence-corrected chi connectivity index (χ2v) is 5.01. The molecule has 2 heterocycles. The maximum absolute atomic E-state index is 11.9. The largest absolute Gasteiger partial charge is 0.392 e. The van der Waals surface area contributed by atoms with Crippen LogP contribution in [-0.4, -0.2) is 34.7 Å². The number of carbonyl (C=O) groups excluding carboxylic acids is 1. The SMILES string of the molecule is Cc1cc(Cl)nc(Cl)c1NC(=O)C1CC(O)CN1. The molecule has 0 saturated carbocycles. The van der Waals surface area contributed by atoms with Gasteiger partial charge in [0.05, 0.1) is 17.8 Å². The maximum atomic E-state index is 11.9. The summed E-state index contributed by atoms with van der Waals surface area (Å²) >= 11 is 11.7. The van der Waals surface area contributed by atoms with Crippen LogP contribution in [0, 0.1) is 6.92 Å². The highest BCUT2D eigenvalue weighted by Crippen LogP contribution is 2.26. The van der Waals surface area contributed by atoms with Crippen LogP contribution in [0.3, 0.4) is 0 Å². The number of hydrogen-bond donors (Lipinski definition) is 3. The van der Waals surface area contributed by atoms with Crippen LogP contribution in [0.25, 0.3) is 0 Å². The molecule has 7 heteroatoms. The first-order chi connectivity index (χ1) is 8.47. The number of pyridine rings is 1. The number of rotatable bonds is 2. The average Bonchev–Trinajstić information content (AvgIpc) is 2.70. The van der Waals surface area contributed by atoms with Crippen molar-refractivity contribution in [1.82, 2.24) is 10.3 Å². The van der Waals surface area contributed by atoms with E-state index >= 15 is 0 Å². The smallest absolute Gasteiger partial charge is 0.241 e. The Morgan fingerprint density at radius 3 is 2.89 bits per heavy atom. The van der Waals surface area contributed by atoms with Crippen molar-refractivity contribution < 1.29 is 9.90 Å². The molecule has 0 radical (unpaired) electrons. The molecule has 0 aliphatic carbocycles. The topological polar surface area (TPSA) is 74.2 Å². The van der Waals surface area contributed by atoms with E-state index in [4.69, 9.17) is 23.2 Å². The number of aryl methyl sites for hydroxylation is 1. The van der Waals surface area contributed by atoms with E-state index in [2.05, 4.69) is 15.6 Å². The minimum Gasteiger partial charge on any atom is -0.392 e. The lowest BCUT2D eigenvalue weighted by molar-refractivity contribution is -0.117. The van der Waals surface area contributed by atoms with E-state index < -0.39 is 12.1 Å². The zero-order valence-corrected chi connectivity index (χ0v) is 11.2. The predicted octanol–water partition coefficient (Wildman–Crippen LogP) is 1.36. The van der Waals surface area contributed by atoms with Gasteiger partial charge in [-0.25, -0.2) is 4.98 Å². The first-order valence-electron chi connectivity index (χ1n) is 5.52. The lowest BCUT2D eigenvalue weighted by atomic mass is 10.2. The summed E-state index contributed by atoms with van der Waals surface area (Å²) in [5.74, 6) is -0.235. The average molecular weight is 290 g/mol. The van der Waals surface area contributed by atoms with Gasteiger partial charge in [-0.15, -0.1) is 0 Å². The van der Waals surface area contributed by atoms with E-state index in [0.29, 0.717) is 18.7 Å². The Morgan fingerprint density at radius 1 is 1.61 bits per heavy atom. The fourth-order valence-electron chi connectivity index (χ4n) is 1.87. The van der Waals surface area contributed by atoms with E-state index in [1.807, 2.05) is 0 Å². The van der Waals surface area contributed by atoms with Gasteiger partial charge in [-0.3, -0.25) is 4.79 Å². The third-order valence-corrected chi connectivity index (χ3v) is 3.28. The Balaban J connectivity index is 2.12. The molecule has 1 aromatic rings. The quantitative estimate of drug-likeness (QED) is 0.719. The van der Waals surface area contributed by atoms with Crippen LogP contribution in [0.2, 0.25) is 10.3 Å². The van der Waals surface area contributed by atoms with Crippen molar-refractivity contribution in [2.75, 3.05) is 11.9 Å². The summed E-state index contributed by atoms with van der Waals surface area (Å²) < 4.78 is 0. The van der Waals surface area contributed by atoms with Crippen LogP contribution < -0.4 is 10.6 Å². The fraction of sp³-hybridized carbons (Fsp3) is 0.455. The molecule has 1 amide bonds. The van der Waals surface area contributed by atoms with Crippen molar-refractivity contribution in [3.8, 4) is 0 Å². The Kier molecular flexibility index (Phi) is 4.07. The number of nitrogens with zero attached hydrogens (tertiary/aromatic N) is 1. The maximum Gasteiger partial charge on any atom is 0.241 e. The number of aromatic nitrogens is 1. The Labute approximate surface area is 114 Å². The second kappa shape index (κ2) is 5.40. The molecule has 1 fully saturated rings. The van der Waals surface area contributed by atoms with Crippen molar-refractivity contribution in [2.24, 2.45) is 0 Å². The van der Waals surface area contributed by atoms with Crippen LogP contribution in [-0.2, 0) is 4.79 Å². The standard InChI is InChI=1S/C11H13Cl2N3O2/c1-5-2-8(12)15-10(13)9(5)16-11(18)7-3-6(17)4-14-7/h2,6-7,14,17H,3-4H2,1H3,(H,16,18). The highest BCUT2D eigenvalue weighted by molar-refractivity contribution is 6.34. The van der Waals surface area contributed by atoms with Crippen LogP contribution in [0.4, 0.5) is 5.69 Å². The number of anilines is 1. The van der Waals surface area contributed by atoms with Crippen molar-refractivity contribution in [2.45, 2.75) is 25.5 Å². The number of aliphatic hydroxyl groups excluding tert-OH is 1. The third-order valence-electron chi connectivity index (χ3n) is 2.81. The molecule has 1 aliphatic heterocycles. The van der Waals surface area contributed by atoms with Crippen LogP contribution in [0.1, 0.15) is 12.0 Å². The summed E-state index contributed by atoms with van der Waals surface area (Å²) in [6.45, 7) is 2.20. The highest BCUT2D eigenvalue weighted by atomic mass is 35.5. The molecule has 0 spiro atoms. The predicted molar refractivity (Wildman–Crippen MR) is 70.0 cm³/mol. The Hall–Kier alpha value is -0.880. The minimum absolute atomic E-state index is 0.159. The van der Waals surface area contributed by atoms with Gasteiger partial charge in [-0.2, -0.15) is 0 Å². The second-order valence-electron chi connectivity index (χ2n) is 4.27. The molecular weight excluding hydrogens is 277 g/mol. The summed E-state index contributed by atoms with van der Waals surface area (Å²) in [5.41, 5.74) is 1.20. The number of β-amino-alcohol motifs (C(OH)–C–C–N with tert-alkyl or cyclic N) is 1. The zero-order valence-electron chi connectivity index (χ0n) is 9.70. The Morgan fingerprint density at radius 2 is 2.33 bits per heavy atom. The van der Waals surface area contributed by atoms with Gasteiger partial charge in [0, 0.05) is 6.54 Å². The van der Waals surface area contributed by atoms with Gasteiger partial charge in [0.15, 0.2) is 5.15 Å². The molecule has 1 saturated heterocycles. The van der Waals surface area contributed by atoms with Gasteiger partial charge >= 0.3 is 0 Å². The number of amides is 1. The summed E-state index contributed by atoms with van der Waals surface area (Å²) in [4.78, 5) is 15.8. The number of halogens is 2. The molecule has 5 nitrogen and oxygen atoms in total. The molecule has 2 atom stereocenters. The highest BCUT2D eigenvalue weighted by Gasteiger charge is 2.28. The van der Waals surface area contributed by atoms with Gasteiger partial charge in [-0.05, 0) is 25.0 Å². The van der Waals surface area contributed by atoms with E-state index in [9.17, 15) is 9.90 Å². The summed E-state index contributed by atoms with van der Waals surface area (Å²) in [5, 5.41) is 15.4. The van der Waals surface area contributed by atoms with Crippen LogP contribution >= 0.6 is 23.2 Å². The third kappa shape index (κ3) is 2.92. The van der Waals surface area contributed by atoms with E-state index in [1.165, 1.54) is 0 Å². The van der Waals surface area contributed by atoms with Crippen molar-refractivity contribution >= 4 is 34.8 Å². The zero-order chi connectivity index (χ0) is 13.3. The molecule has 1 aliphatic rings. The fourth-order valence-corrected chi connectivity index (χ4v) is 2.45. The first-order valence-corrected chi connectivity index (χ1v) is 6.28. The molecule has 2 rings (SSSR count). The lowest BCUT2D eigenvalue weighted by Gasteiger charge is -2.13. The molecule has 0 aromatic carbocycles. The molecule has 18 heavy (non-hydrogen) atoms. The molecule has 0 bridgehead atoms. The monoisotopic (exact) mass is 289 g/mol.